The van der Waals surface area contributed by atoms with Gasteiger partial charge >= 0.3 is 0 Å². The molecule has 2 N–H and O–H groups in total. The lowest BCUT2D eigenvalue weighted by atomic mass is 9.99. The summed E-state index contributed by atoms with van der Waals surface area (Å²) in [6.45, 7) is 3.54. The van der Waals surface area contributed by atoms with E-state index in [4.69, 9.17) is 9.94 Å². The average molecular weight is 295 g/mol. The highest BCUT2D eigenvalue weighted by Crippen LogP contribution is 2.24. The lowest BCUT2D eigenvalue weighted by Gasteiger charge is -2.34. The zero-order valence-corrected chi connectivity index (χ0v) is 12.0. The maximum atomic E-state index is 11.4. The van der Waals surface area contributed by atoms with Crippen molar-refractivity contribution in [2.45, 2.75) is 38.3 Å². The van der Waals surface area contributed by atoms with E-state index in [9.17, 15) is 4.79 Å². The molecule has 0 aliphatic carbocycles. The van der Waals surface area contributed by atoms with Gasteiger partial charge in [-0.25, -0.2) is 5.48 Å². The quantitative estimate of drug-likeness (QED) is 0.640. The Morgan fingerprint density at radius 1 is 1.48 bits per heavy atom. The van der Waals surface area contributed by atoms with E-state index >= 15 is 0 Å². The minimum atomic E-state index is -0.506. The van der Waals surface area contributed by atoms with Crippen molar-refractivity contribution in [1.82, 2.24) is 15.4 Å². The lowest BCUT2D eigenvalue weighted by molar-refractivity contribution is 0.0705. The van der Waals surface area contributed by atoms with Crippen LogP contribution in [0.3, 0.4) is 0 Å². The summed E-state index contributed by atoms with van der Waals surface area (Å²) in [6.07, 6.45) is 5.81. The van der Waals surface area contributed by atoms with Crippen molar-refractivity contribution in [3.05, 3.63) is 29.1 Å². The Kier molecular flexibility index (Phi) is 4.48. The summed E-state index contributed by atoms with van der Waals surface area (Å²) in [5.41, 5.74) is 4.21. The third-order valence-electron chi connectivity index (χ3n) is 4.38. The molecule has 2 aliphatic heterocycles. The largest absolute Gasteiger partial charge is 0.381 e. The number of hydrogen-bond acceptors (Lipinski definition) is 5. The van der Waals surface area contributed by atoms with Crippen molar-refractivity contribution in [3.63, 3.8) is 0 Å². The Bertz CT molecular complexity index is 523. The van der Waals surface area contributed by atoms with Gasteiger partial charge in [-0.15, -0.1) is 0 Å². The molecule has 1 aromatic heterocycles. The monoisotopic (exact) mass is 295 g/mol. The second kappa shape index (κ2) is 6.51. The second-order valence-corrected chi connectivity index (χ2v) is 5.69. The van der Waals surface area contributed by atoms with Crippen LogP contribution in [0.4, 0.5) is 0 Å². The van der Waals surface area contributed by atoms with Crippen LogP contribution in [0.1, 0.15) is 43.7 Å². The van der Waals surface area contributed by atoms with Crippen LogP contribution < -0.4 is 5.48 Å². The lowest BCUT2D eigenvalue weighted by Crippen LogP contribution is -2.40. The zero-order chi connectivity index (χ0) is 14.7. The number of nitrogens with zero attached hydrogens (tertiary/aromatic N) is 2. The molecule has 1 saturated heterocycles. The van der Waals surface area contributed by atoms with Gasteiger partial charge in [-0.2, -0.15) is 0 Å². The molecule has 1 unspecified atom stereocenters. The molecule has 6 heteroatoms. The molecule has 118 valence electrons. The normalized spacial score (nSPS) is 23.2. The Hall–Kier alpha value is -1.50. The number of hydrogen-bond donors (Lipinski definition) is 2. The number of fused-ring (bicyclic) bond motifs is 1. The fraction of sp³-hybridized carbons (Fsp3) is 0.600. The molecule has 6 nitrogen and oxygen atoms in total. The first-order valence-electron chi connectivity index (χ1n) is 7.52. The highest BCUT2D eigenvalue weighted by molar-refractivity contribution is 5.93. The fourth-order valence-corrected chi connectivity index (χ4v) is 3.19. The molecular weight excluding hydrogens is 270 g/mol. The van der Waals surface area contributed by atoms with Crippen LogP contribution in [0.25, 0.3) is 0 Å². The Balaban J connectivity index is 0.00000132. The van der Waals surface area contributed by atoms with Crippen LogP contribution in [0.2, 0.25) is 0 Å². The van der Waals surface area contributed by atoms with Gasteiger partial charge in [-0.1, -0.05) is 0 Å². The molecule has 0 spiro atoms. The minimum Gasteiger partial charge on any atom is -0.381 e. The molecule has 3 heterocycles. The zero-order valence-electron chi connectivity index (χ0n) is 12.0. The van der Waals surface area contributed by atoms with Gasteiger partial charge in [-0.3, -0.25) is 19.9 Å². The van der Waals surface area contributed by atoms with Gasteiger partial charge in [0, 0.05) is 41.4 Å². The van der Waals surface area contributed by atoms with E-state index in [1.54, 1.807) is 5.48 Å². The number of aromatic nitrogens is 1. The molecule has 0 aromatic carbocycles. The van der Waals surface area contributed by atoms with Crippen molar-refractivity contribution < 1.29 is 17.6 Å². The maximum Gasteiger partial charge on any atom is 0.276 e. The summed E-state index contributed by atoms with van der Waals surface area (Å²) in [6, 6.07) is 2.41. The van der Waals surface area contributed by atoms with E-state index in [2.05, 4.69) is 9.88 Å². The van der Waals surface area contributed by atoms with Gasteiger partial charge in [0.1, 0.15) is 0 Å². The Morgan fingerprint density at radius 2 is 2.38 bits per heavy atom. The third-order valence-corrected chi connectivity index (χ3v) is 4.38. The van der Waals surface area contributed by atoms with Crippen LogP contribution >= 0.6 is 0 Å². The average Bonchev–Trinajstić information content (AvgIpc) is 2.82. The highest BCUT2D eigenvalue weighted by Gasteiger charge is 2.25. The van der Waals surface area contributed by atoms with E-state index < -0.39 is 5.91 Å². The Morgan fingerprint density at radius 3 is 3.24 bits per heavy atom. The number of carbonyl (C=O) groups is 1. The summed E-state index contributed by atoms with van der Waals surface area (Å²) in [5, 5.41) is 8.68. The predicted molar refractivity (Wildman–Crippen MR) is 80.3 cm³/mol. The number of pyridine rings is 1. The molecule has 3 rings (SSSR count). The molecule has 0 saturated carbocycles. The van der Waals surface area contributed by atoms with E-state index in [-0.39, 0.29) is 2.85 Å². The summed E-state index contributed by atoms with van der Waals surface area (Å²) < 4.78 is 5.53. The SMILES string of the molecule is O=C(NO)c1cnc2c(c1)CCN(C1CCCOCC1)C2.[HH].[HH]. The number of amides is 1. The standard InChI is InChI=1S/C15H21N3O3.2H2/c19-15(17-20)12-8-11-3-5-18(10-14(11)16-9-12)13-2-1-6-21-7-4-13;;/h8-9,13,20H,1-7,10H2,(H,17,19);2*1H. The van der Waals surface area contributed by atoms with Crippen LogP contribution in [0.15, 0.2) is 12.3 Å². The van der Waals surface area contributed by atoms with Crippen LogP contribution in [-0.4, -0.2) is 46.8 Å². The number of rotatable bonds is 2. The molecule has 0 bridgehead atoms. The number of ether oxygens (including phenoxy) is 1. The van der Waals surface area contributed by atoms with Crippen LogP contribution in [0.5, 0.6) is 0 Å². The first kappa shape index (κ1) is 14.4. The summed E-state index contributed by atoms with van der Waals surface area (Å²) in [5.74, 6) is -0.506. The van der Waals surface area contributed by atoms with Crippen molar-refractivity contribution in [1.29, 1.82) is 0 Å². The van der Waals surface area contributed by atoms with Crippen molar-refractivity contribution in [2.75, 3.05) is 19.8 Å². The van der Waals surface area contributed by atoms with Gasteiger partial charge in [0.25, 0.3) is 5.91 Å². The molecule has 0 radical (unpaired) electrons. The summed E-state index contributed by atoms with van der Waals surface area (Å²) >= 11 is 0. The van der Waals surface area contributed by atoms with Gasteiger partial charge < -0.3 is 4.74 Å². The third kappa shape index (κ3) is 3.23. The van der Waals surface area contributed by atoms with Gasteiger partial charge in [0.15, 0.2) is 0 Å². The molecule has 21 heavy (non-hydrogen) atoms. The molecule has 1 fully saturated rings. The smallest absolute Gasteiger partial charge is 0.276 e. The number of carbonyl (C=O) groups excluding carboxylic acids is 1. The fourth-order valence-electron chi connectivity index (χ4n) is 3.19. The summed E-state index contributed by atoms with van der Waals surface area (Å²) in [7, 11) is 0. The van der Waals surface area contributed by atoms with Gasteiger partial charge in [-0.05, 0) is 37.3 Å². The van der Waals surface area contributed by atoms with Crippen molar-refractivity contribution in [2.24, 2.45) is 0 Å². The minimum absolute atomic E-state index is 0. The second-order valence-electron chi connectivity index (χ2n) is 5.69. The first-order valence-corrected chi connectivity index (χ1v) is 7.52. The molecule has 2 aliphatic rings. The van der Waals surface area contributed by atoms with E-state index in [1.165, 1.54) is 12.6 Å². The van der Waals surface area contributed by atoms with E-state index in [0.717, 1.165) is 56.8 Å². The van der Waals surface area contributed by atoms with Crippen molar-refractivity contribution >= 4 is 5.91 Å². The topological polar surface area (TPSA) is 74.7 Å². The molecular formula is C15H25N3O3. The number of hydroxylamine groups is 1. The van der Waals surface area contributed by atoms with Crippen LogP contribution in [-0.2, 0) is 17.7 Å². The summed E-state index contributed by atoms with van der Waals surface area (Å²) in [4.78, 5) is 18.3. The maximum absolute atomic E-state index is 11.4. The first-order chi connectivity index (χ1) is 10.3. The predicted octanol–water partition coefficient (Wildman–Crippen LogP) is 1.62. The van der Waals surface area contributed by atoms with Crippen molar-refractivity contribution in [3.8, 4) is 0 Å². The van der Waals surface area contributed by atoms with Crippen LogP contribution in [0, 0.1) is 0 Å². The molecule has 1 amide bonds. The Labute approximate surface area is 127 Å². The highest BCUT2D eigenvalue weighted by atomic mass is 16.5. The van der Waals surface area contributed by atoms with Gasteiger partial charge in [0.05, 0.1) is 11.3 Å². The molecule has 1 atom stereocenters. The van der Waals surface area contributed by atoms with E-state index in [0.29, 0.717) is 11.6 Å². The van der Waals surface area contributed by atoms with Gasteiger partial charge in [0.2, 0.25) is 0 Å². The van der Waals surface area contributed by atoms with E-state index in [1.807, 2.05) is 6.07 Å². The molecule has 1 aromatic rings. The number of nitrogens with one attached hydrogen (secondary N) is 1.